The molecule has 0 radical (unpaired) electrons. The van der Waals surface area contributed by atoms with E-state index in [-0.39, 0.29) is 12.6 Å². The van der Waals surface area contributed by atoms with Crippen molar-refractivity contribution in [1.82, 2.24) is 15.3 Å². The summed E-state index contributed by atoms with van der Waals surface area (Å²) in [5, 5.41) is 2.79. The van der Waals surface area contributed by atoms with Crippen LogP contribution in [0.15, 0.2) is 60.8 Å². The largest absolute Gasteiger partial charge is 0.445 e. The van der Waals surface area contributed by atoms with Crippen molar-refractivity contribution in [3.63, 3.8) is 0 Å². The van der Waals surface area contributed by atoms with Gasteiger partial charge >= 0.3 is 6.09 Å². The van der Waals surface area contributed by atoms with Gasteiger partial charge in [0.05, 0.1) is 17.9 Å². The minimum absolute atomic E-state index is 0.242. The predicted molar refractivity (Wildman–Crippen MR) is 100 cm³/mol. The Morgan fingerprint density at radius 2 is 1.92 bits per heavy atom. The Bertz CT molecular complexity index is 831. The molecular weight excluding hydrogens is 313 g/mol. The Kier molecular flexibility index (Phi) is 5.19. The number of nitrogens with zero attached hydrogens (tertiary/aromatic N) is 1. The van der Waals surface area contributed by atoms with Gasteiger partial charge < -0.3 is 15.0 Å². The third kappa shape index (κ3) is 4.50. The number of alkyl carbamates (subject to hydrolysis) is 1. The molecule has 2 aromatic carbocycles. The van der Waals surface area contributed by atoms with Crippen LogP contribution in [0.1, 0.15) is 24.4 Å². The topological polar surface area (TPSA) is 67.0 Å². The Morgan fingerprint density at radius 3 is 2.64 bits per heavy atom. The van der Waals surface area contributed by atoms with Gasteiger partial charge in [0, 0.05) is 0 Å². The molecule has 0 spiro atoms. The second kappa shape index (κ2) is 7.70. The van der Waals surface area contributed by atoms with Crippen molar-refractivity contribution in [2.75, 3.05) is 0 Å². The third-order valence-corrected chi connectivity index (χ3v) is 3.92. The molecule has 3 aromatic rings. The summed E-state index contributed by atoms with van der Waals surface area (Å²) in [6.45, 7) is 2.10. The molecule has 6 heteroatoms. The number of rotatable bonds is 5. The molecule has 0 unspecified atom stereocenters. The zero-order valence-electron chi connectivity index (χ0n) is 14.3. The Hall–Kier alpha value is -3.02. The number of hydrogen-bond donors (Lipinski definition) is 2. The quantitative estimate of drug-likeness (QED) is 0.704. The van der Waals surface area contributed by atoms with Crippen molar-refractivity contribution >= 4 is 19.4 Å². The lowest BCUT2D eigenvalue weighted by Gasteiger charge is -2.12. The van der Waals surface area contributed by atoms with E-state index in [1.54, 1.807) is 6.20 Å². The molecule has 0 fully saturated rings. The summed E-state index contributed by atoms with van der Waals surface area (Å²) >= 11 is 0. The van der Waals surface area contributed by atoms with Crippen LogP contribution < -0.4 is 10.8 Å². The normalized spacial score (nSPS) is 11.7. The number of hydrogen-bond acceptors (Lipinski definition) is 3. The van der Waals surface area contributed by atoms with Crippen molar-refractivity contribution in [2.45, 2.75) is 19.6 Å². The van der Waals surface area contributed by atoms with Gasteiger partial charge in [-0.25, -0.2) is 9.78 Å². The van der Waals surface area contributed by atoms with Crippen molar-refractivity contribution < 1.29 is 9.53 Å². The van der Waals surface area contributed by atoms with Crippen LogP contribution in [0.4, 0.5) is 4.79 Å². The molecule has 126 valence electrons. The first-order valence-corrected chi connectivity index (χ1v) is 8.21. The maximum Gasteiger partial charge on any atom is 0.408 e. The fraction of sp³-hybridized carbons (Fsp3) is 0.158. The van der Waals surface area contributed by atoms with E-state index in [4.69, 9.17) is 4.74 Å². The van der Waals surface area contributed by atoms with Crippen LogP contribution in [-0.2, 0) is 11.3 Å². The number of amides is 1. The van der Waals surface area contributed by atoms with E-state index in [1.165, 1.54) is 5.46 Å². The number of imidazole rings is 1. The summed E-state index contributed by atoms with van der Waals surface area (Å²) in [4.78, 5) is 19.5. The summed E-state index contributed by atoms with van der Waals surface area (Å²) in [5.74, 6) is 0.687. The first-order chi connectivity index (χ1) is 12.1. The van der Waals surface area contributed by atoms with Gasteiger partial charge in [0.1, 0.15) is 20.3 Å². The van der Waals surface area contributed by atoms with E-state index in [1.807, 2.05) is 49.4 Å². The SMILES string of the molecule is Bc1ccc(-c2cnc([C@H](C)NC(=O)OCc3ccccc3)[nH]2)cc1. The highest BCUT2D eigenvalue weighted by Crippen LogP contribution is 2.18. The minimum Gasteiger partial charge on any atom is -0.445 e. The van der Waals surface area contributed by atoms with E-state index in [0.29, 0.717) is 5.82 Å². The van der Waals surface area contributed by atoms with Gasteiger partial charge in [-0.1, -0.05) is 60.1 Å². The van der Waals surface area contributed by atoms with Crippen molar-refractivity contribution in [3.05, 3.63) is 72.2 Å². The molecule has 2 N–H and O–H groups in total. The summed E-state index contributed by atoms with van der Waals surface area (Å²) in [7, 11) is 2.05. The van der Waals surface area contributed by atoms with E-state index in [2.05, 4.69) is 35.3 Å². The predicted octanol–water partition coefficient (Wildman–Crippen LogP) is 2.32. The van der Waals surface area contributed by atoms with Gasteiger partial charge in [-0.05, 0) is 18.1 Å². The van der Waals surface area contributed by atoms with E-state index < -0.39 is 6.09 Å². The van der Waals surface area contributed by atoms with Crippen LogP contribution in [0, 0.1) is 0 Å². The molecule has 0 bridgehead atoms. The summed E-state index contributed by atoms with van der Waals surface area (Å²) in [6.07, 6.45) is 1.30. The first-order valence-electron chi connectivity index (χ1n) is 8.21. The molecule has 0 saturated heterocycles. The second-order valence-corrected chi connectivity index (χ2v) is 5.98. The highest BCUT2D eigenvalue weighted by atomic mass is 16.5. The van der Waals surface area contributed by atoms with Crippen LogP contribution in [0.5, 0.6) is 0 Å². The maximum absolute atomic E-state index is 11.9. The van der Waals surface area contributed by atoms with Crippen LogP contribution in [0.2, 0.25) is 0 Å². The van der Waals surface area contributed by atoms with Gasteiger partial charge in [0.2, 0.25) is 0 Å². The van der Waals surface area contributed by atoms with E-state index in [9.17, 15) is 4.79 Å². The molecule has 25 heavy (non-hydrogen) atoms. The first kappa shape index (κ1) is 16.8. The molecule has 1 heterocycles. The standard InChI is InChI=1S/C19H20BN3O2/c1-13(22-19(24)25-12-14-5-3-2-4-6-14)18-21-11-17(23-18)15-7-9-16(20)10-8-15/h2-11,13H,12,20H2,1H3,(H,21,23)(H,22,24)/t13-/m0/s1. The lowest BCUT2D eigenvalue weighted by atomic mass is 9.95. The summed E-state index contributed by atoms with van der Waals surface area (Å²) < 4.78 is 5.23. The monoisotopic (exact) mass is 333 g/mol. The number of benzene rings is 2. The average molecular weight is 333 g/mol. The van der Waals surface area contributed by atoms with Crippen molar-refractivity contribution in [3.8, 4) is 11.3 Å². The third-order valence-electron chi connectivity index (χ3n) is 3.92. The van der Waals surface area contributed by atoms with Crippen LogP contribution >= 0.6 is 0 Å². The van der Waals surface area contributed by atoms with Crippen molar-refractivity contribution in [1.29, 1.82) is 0 Å². The molecular formula is C19H20BN3O2. The van der Waals surface area contributed by atoms with Crippen molar-refractivity contribution in [2.24, 2.45) is 0 Å². The number of aromatic nitrogens is 2. The van der Waals surface area contributed by atoms with Gasteiger partial charge in [-0.2, -0.15) is 0 Å². The van der Waals surface area contributed by atoms with Gasteiger partial charge in [-0.15, -0.1) is 0 Å². The minimum atomic E-state index is -0.468. The Morgan fingerprint density at radius 1 is 1.20 bits per heavy atom. The molecule has 5 nitrogen and oxygen atoms in total. The zero-order valence-corrected chi connectivity index (χ0v) is 14.3. The number of carbonyl (C=O) groups is 1. The number of ether oxygens (including phenoxy) is 1. The average Bonchev–Trinajstić information content (AvgIpc) is 3.12. The molecule has 1 aromatic heterocycles. The highest BCUT2D eigenvalue weighted by molar-refractivity contribution is 6.32. The molecule has 0 aliphatic rings. The summed E-state index contributed by atoms with van der Waals surface area (Å²) in [6, 6.07) is 17.5. The maximum atomic E-state index is 11.9. The molecule has 3 rings (SSSR count). The van der Waals surface area contributed by atoms with Gasteiger partial charge in [0.25, 0.3) is 0 Å². The number of carbonyl (C=O) groups excluding carboxylic acids is 1. The lowest BCUT2D eigenvalue weighted by molar-refractivity contribution is 0.136. The van der Waals surface area contributed by atoms with Gasteiger partial charge in [0.15, 0.2) is 0 Å². The van der Waals surface area contributed by atoms with Crippen LogP contribution in [0.3, 0.4) is 0 Å². The highest BCUT2D eigenvalue weighted by Gasteiger charge is 2.14. The zero-order chi connectivity index (χ0) is 17.6. The molecule has 0 aliphatic carbocycles. The molecule has 1 atom stereocenters. The van der Waals surface area contributed by atoms with Gasteiger partial charge in [-0.3, -0.25) is 0 Å². The van der Waals surface area contributed by atoms with Crippen LogP contribution in [-0.4, -0.2) is 23.9 Å². The molecule has 0 aliphatic heterocycles. The number of H-pyrrole nitrogens is 1. The number of nitrogens with one attached hydrogen (secondary N) is 2. The smallest absolute Gasteiger partial charge is 0.408 e. The molecule has 1 amide bonds. The number of aromatic amines is 1. The Labute approximate surface area is 147 Å². The second-order valence-electron chi connectivity index (χ2n) is 5.98. The van der Waals surface area contributed by atoms with E-state index >= 15 is 0 Å². The van der Waals surface area contributed by atoms with E-state index in [0.717, 1.165) is 16.8 Å². The Balaban J connectivity index is 1.57. The molecule has 0 saturated carbocycles. The fourth-order valence-electron chi connectivity index (χ4n) is 2.45. The lowest BCUT2D eigenvalue weighted by Crippen LogP contribution is -2.27. The van der Waals surface area contributed by atoms with Crippen LogP contribution in [0.25, 0.3) is 11.3 Å². The summed E-state index contributed by atoms with van der Waals surface area (Å²) in [5.41, 5.74) is 4.13. The fourth-order valence-corrected chi connectivity index (χ4v) is 2.45.